The minimum absolute atomic E-state index is 0.218. The molecular formula is C14H11BrFNOS. The molecule has 0 aliphatic carbocycles. The van der Waals surface area contributed by atoms with Gasteiger partial charge in [-0.05, 0) is 46.6 Å². The summed E-state index contributed by atoms with van der Waals surface area (Å²) in [6.07, 6.45) is 0. The van der Waals surface area contributed by atoms with E-state index in [1.165, 1.54) is 6.07 Å². The Morgan fingerprint density at radius 3 is 2.68 bits per heavy atom. The van der Waals surface area contributed by atoms with Crippen LogP contribution in [0.1, 0.15) is 11.1 Å². The fourth-order valence-corrected chi connectivity index (χ4v) is 2.50. The zero-order valence-corrected chi connectivity index (χ0v) is 12.5. The zero-order valence-electron chi connectivity index (χ0n) is 10.1. The van der Waals surface area contributed by atoms with E-state index >= 15 is 0 Å². The van der Waals surface area contributed by atoms with Gasteiger partial charge in [-0.1, -0.05) is 24.4 Å². The van der Waals surface area contributed by atoms with Gasteiger partial charge in [-0.3, -0.25) is 0 Å². The van der Waals surface area contributed by atoms with Gasteiger partial charge >= 0.3 is 0 Å². The quantitative estimate of drug-likeness (QED) is 0.845. The summed E-state index contributed by atoms with van der Waals surface area (Å²) in [5, 5.41) is 0. The number of halogens is 2. The third-order valence-corrected chi connectivity index (χ3v) is 3.46. The lowest BCUT2D eigenvalue weighted by atomic mass is 10.2. The molecule has 0 saturated carbocycles. The number of thiocarbonyl (C=S) groups is 1. The van der Waals surface area contributed by atoms with Crippen LogP contribution < -0.4 is 10.5 Å². The summed E-state index contributed by atoms with van der Waals surface area (Å²) in [4.78, 5) is 0.218. The molecule has 0 fully saturated rings. The first-order valence-corrected chi connectivity index (χ1v) is 6.71. The number of hydrogen-bond donors (Lipinski definition) is 1. The lowest BCUT2D eigenvalue weighted by Crippen LogP contribution is -2.11. The lowest BCUT2D eigenvalue weighted by Gasteiger charge is -2.12. The van der Waals surface area contributed by atoms with Crippen molar-refractivity contribution < 1.29 is 9.13 Å². The molecular weight excluding hydrogens is 329 g/mol. The third kappa shape index (κ3) is 3.11. The van der Waals surface area contributed by atoms with E-state index in [9.17, 15) is 4.39 Å². The van der Waals surface area contributed by atoms with Crippen molar-refractivity contribution in [3.63, 3.8) is 0 Å². The molecule has 0 atom stereocenters. The summed E-state index contributed by atoms with van der Waals surface area (Å²) >= 11 is 8.36. The summed E-state index contributed by atoms with van der Waals surface area (Å²) in [5.41, 5.74) is 6.83. The fourth-order valence-electron chi connectivity index (χ4n) is 1.59. The molecule has 0 aliphatic rings. The van der Waals surface area contributed by atoms with Crippen LogP contribution in [0.25, 0.3) is 0 Å². The average molecular weight is 340 g/mol. The molecule has 0 bridgehead atoms. The molecule has 98 valence electrons. The van der Waals surface area contributed by atoms with E-state index in [2.05, 4.69) is 15.9 Å². The Bertz CT molecular complexity index is 645. The minimum atomic E-state index is -0.315. The van der Waals surface area contributed by atoms with Gasteiger partial charge in [0.25, 0.3) is 0 Å². The van der Waals surface area contributed by atoms with E-state index in [4.69, 9.17) is 22.7 Å². The maximum atomic E-state index is 13.5. The van der Waals surface area contributed by atoms with Gasteiger partial charge in [0, 0.05) is 10.5 Å². The second-order valence-corrected chi connectivity index (χ2v) is 5.28. The van der Waals surface area contributed by atoms with Crippen LogP contribution in [0, 0.1) is 12.7 Å². The molecule has 0 saturated heterocycles. The van der Waals surface area contributed by atoms with E-state index in [-0.39, 0.29) is 10.8 Å². The van der Waals surface area contributed by atoms with Gasteiger partial charge < -0.3 is 10.5 Å². The van der Waals surface area contributed by atoms with Crippen molar-refractivity contribution in [2.24, 2.45) is 5.73 Å². The zero-order chi connectivity index (χ0) is 14.0. The van der Waals surface area contributed by atoms with Crippen molar-refractivity contribution in [3.05, 3.63) is 57.8 Å². The molecule has 0 unspecified atom stereocenters. The Morgan fingerprint density at radius 2 is 2.05 bits per heavy atom. The maximum absolute atomic E-state index is 13.5. The second-order valence-electron chi connectivity index (χ2n) is 3.99. The molecule has 2 N–H and O–H groups in total. The predicted molar refractivity (Wildman–Crippen MR) is 81.2 cm³/mol. The van der Waals surface area contributed by atoms with Crippen LogP contribution in [0.15, 0.2) is 40.9 Å². The second kappa shape index (κ2) is 5.67. The van der Waals surface area contributed by atoms with Crippen LogP contribution >= 0.6 is 28.1 Å². The molecule has 2 rings (SSSR count). The highest BCUT2D eigenvalue weighted by Crippen LogP contribution is 2.31. The van der Waals surface area contributed by atoms with Gasteiger partial charge in [-0.25, -0.2) is 4.39 Å². The normalized spacial score (nSPS) is 10.3. The summed E-state index contributed by atoms with van der Waals surface area (Å²) < 4.78 is 19.9. The topological polar surface area (TPSA) is 35.2 Å². The van der Waals surface area contributed by atoms with Gasteiger partial charge in [0.2, 0.25) is 0 Å². The average Bonchev–Trinajstić information content (AvgIpc) is 2.33. The van der Waals surface area contributed by atoms with Crippen LogP contribution in [0.2, 0.25) is 0 Å². The van der Waals surface area contributed by atoms with Crippen LogP contribution in [-0.4, -0.2) is 4.99 Å². The Hall–Kier alpha value is -1.46. The molecule has 0 aliphatic heterocycles. The first-order valence-electron chi connectivity index (χ1n) is 5.51. The van der Waals surface area contributed by atoms with Crippen LogP contribution in [0.5, 0.6) is 11.5 Å². The monoisotopic (exact) mass is 339 g/mol. The Kier molecular flexibility index (Phi) is 4.17. The fraction of sp³-hybridized carbons (Fsp3) is 0.0714. The maximum Gasteiger partial charge on any atom is 0.138 e. The van der Waals surface area contributed by atoms with E-state index in [0.29, 0.717) is 22.6 Å². The first kappa shape index (κ1) is 14.0. The summed E-state index contributed by atoms with van der Waals surface area (Å²) in [6, 6.07) is 10.0. The number of rotatable bonds is 3. The van der Waals surface area contributed by atoms with E-state index in [0.717, 1.165) is 4.47 Å². The highest BCUT2D eigenvalue weighted by atomic mass is 79.9. The van der Waals surface area contributed by atoms with Crippen molar-refractivity contribution in [1.29, 1.82) is 0 Å². The Labute approximate surface area is 124 Å². The van der Waals surface area contributed by atoms with Crippen molar-refractivity contribution in [3.8, 4) is 11.5 Å². The number of ether oxygens (including phenoxy) is 1. The van der Waals surface area contributed by atoms with E-state index < -0.39 is 0 Å². The van der Waals surface area contributed by atoms with Gasteiger partial charge in [-0.2, -0.15) is 0 Å². The Morgan fingerprint density at radius 1 is 1.32 bits per heavy atom. The van der Waals surface area contributed by atoms with Gasteiger partial charge in [0.1, 0.15) is 22.3 Å². The minimum Gasteiger partial charge on any atom is -0.456 e. The molecule has 0 spiro atoms. The third-order valence-electron chi connectivity index (χ3n) is 2.59. The smallest absolute Gasteiger partial charge is 0.138 e. The van der Waals surface area contributed by atoms with Crippen molar-refractivity contribution >= 4 is 33.1 Å². The highest BCUT2D eigenvalue weighted by Gasteiger charge is 2.12. The standard InChI is InChI=1S/C14H11BrFNOS/c1-8-5-6-9(7-11(8)16)18-12-4-2-3-10(15)13(12)14(17)19/h2-7H,1H3,(H2,17,19). The number of hydrogen-bond acceptors (Lipinski definition) is 2. The highest BCUT2D eigenvalue weighted by molar-refractivity contribution is 9.10. The molecule has 2 aromatic rings. The van der Waals surface area contributed by atoms with Crippen LogP contribution in [0.4, 0.5) is 4.39 Å². The molecule has 2 aromatic carbocycles. The summed E-state index contributed by atoms with van der Waals surface area (Å²) in [6.45, 7) is 1.69. The van der Waals surface area contributed by atoms with Crippen LogP contribution in [-0.2, 0) is 0 Å². The van der Waals surface area contributed by atoms with Gasteiger partial charge in [0.15, 0.2) is 0 Å². The molecule has 2 nitrogen and oxygen atoms in total. The van der Waals surface area contributed by atoms with Crippen molar-refractivity contribution in [2.75, 3.05) is 0 Å². The number of aryl methyl sites for hydroxylation is 1. The first-order chi connectivity index (χ1) is 8.99. The van der Waals surface area contributed by atoms with Crippen molar-refractivity contribution in [1.82, 2.24) is 0 Å². The Balaban J connectivity index is 2.40. The van der Waals surface area contributed by atoms with Crippen molar-refractivity contribution in [2.45, 2.75) is 6.92 Å². The van der Waals surface area contributed by atoms with E-state index in [1.54, 1.807) is 31.2 Å². The van der Waals surface area contributed by atoms with Gasteiger partial charge in [-0.15, -0.1) is 0 Å². The molecule has 0 amide bonds. The predicted octanol–water partition coefficient (Wildman–Crippen LogP) is 4.32. The molecule has 0 aromatic heterocycles. The molecule has 0 radical (unpaired) electrons. The summed E-state index contributed by atoms with van der Waals surface area (Å²) in [5.74, 6) is 0.577. The van der Waals surface area contributed by atoms with E-state index in [1.807, 2.05) is 6.07 Å². The van der Waals surface area contributed by atoms with Crippen LogP contribution in [0.3, 0.4) is 0 Å². The largest absolute Gasteiger partial charge is 0.456 e. The molecule has 5 heteroatoms. The summed E-state index contributed by atoms with van der Waals surface area (Å²) in [7, 11) is 0. The number of nitrogens with two attached hydrogens (primary N) is 1. The number of benzene rings is 2. The molecule has 0 heterocycles. The van der Waals surface area contributed by atoms with Gasteiger partial charge in [0.05, 0.1) is 5.56 Å². The SMILES string of the molecule is Cc1ccc(Oc2cccc(Br)c2C(N)=S)cc1F. The lowest BCUT2D eigenvalue weighted by molar-refractivity contribution is 0.475. The molecule has 19 heavy (non-hydrogen) atoms.